The average Bonchev–Trinajstić information content (AvgIpc) is 2.84. The fourth-order valence-electron chi connectivity index (χ4n) is 2.41. The number of nitrogens with one attached hydrogen (secondary N) is 1. The van der Waals surface area contributed by atoms with Crippen LogP contribution >= 0.6 is 0 Å². The maximum Gasteiger partial charge on any atom is 0.243 e. The van der Waals surface area contributed by atoms with Gasteiger partial charge in [0.05, 0.1) is 4.90 Å². The lowest BCUT2D eigenvalue weighted by atomic mass is 10.3. The third-order valence-electron chi connectivity index (χ3n) is 3.53. The van der Waals surface area contributed by atoms with E-state index < -0.39 is 10.0 Å². The number of nitrogens with zero attached hydrogens (tertiary/aromatic N) is 1. The van der Waals surface area contributed by atoms with Crippen molar-refractivity contribution < 1.29 is 8.42 Å². The predicted molar refractivity (Wildman–Crippen MR) is 77.8 cm³/mol. The Labute approximate surface area is 115 Å². The normalized spacial score (nSPS) is 20.6. The van der Waals surface area contributed by atoms with Gasteiger partial charge in [0, 0.05) is 24.8 Å². The molecule has 1 atom stereocenters. The maximum absolute atomic E-state index is 12.5. The molecule has 1 heterocycles. The van der Waals surface area contributed by atoms with Crippen LogP contribution in [-0.2, 0) is 10.0 Å². The van der Waals surface area contributed by atoms with Gasteiger partial charge in [0.1, 0.15) is 0 Å². The Morgan fingerprint density at radius 2 is 2.00 bits per heavy atom. The van der Waals surface area contributed by atoms with Crippen molar-refractivity contribution in [3.05, 3.63) is 24.3 Å². The number of hydrogen-bond donors (Lipinski definition) is 1. The van der Waals surface area contributed by atoms with E-state index in [0.29, 0.717) is 11.4 Å². The quantitative estimate of drug-likeness (QED) is 0.903. The van der Waals surface area contributed by atoms with E-state index in [1.165, 1.54) is 0 Å². The van der Waals surface area contributed by atoms with Crippen LogP contribution in [0.5, 0.6) is 0 Å². The predicted octanol–water partition coefficient (Wildman–Crippen LogP) is 2.68. The smallest absolute Gasteiger partial charge is 0.243 e. The zero-order valence-corrected chi connectivity index (χ0v) is 12.4. The summed E-state index contributed by atoms with van der Waals surface area (Å²) in [6, 6.07) is 7.17. The van der Waals surface area contributed by atoms with Crippen LogP contribution in [0.2, 0.25) is 0 Å². The zero-order valence-electron chi connectivity index (χ0n) is 11.6. The molecule has 2 rings (SSSR count). The van der Waals surface area contributed by atoms with Crippen LogP contribution in [0.3, 0.4) is 0 Å². The molecule has 0 radical (unpaired) electrons. The molecule has 1 saturated heterocycles. The second-order valence-electron chi connectivity index (χ2n) is 5.06. The minimum Gasteiger partial charge on any atom is -0.385 e. The molecule has 1 unspecified atom stereocenters. The molecule has 5 heteroatoms. The molecule has 0 aromatic heterocycles. The molecule has 1 aromatic carbocycles. The molecule has 1 aliphatic heterocycles. The van der Waals surface area contributed by atoms with Crippen molar-refractivity contribution >= 4 is 15.7 Å². The summed E-state index contributed by atoms with van der Waals surface area (Å²) >= 11 is 0. The number of benzene rings is 1. The minimum atomic E-state index is -3.32. The van der Waals surface area contributed by atoms with Crippen molar-refractivity contribution in [1.82, 2.24) is 4.31 Å². The average molecular weight is 282 g/mol. The van der Waals surface area contributed by atoms with Gasteiger partial charge in [0.15, 0.2) is 0 Å². The fraction of sp³-hybridized carbons (Fsp3) is 0.571. The molecular formula is C14H22N2O2S. The molecule has 106 valence electrons. The molecular weight excluding hydrogens is 260 g/mol. The van der Waals surface area contributed by atoms with Crippen LogP contribution in [0.15, 0.2) is 29.2 Å². The molecule has 0 spiro atoms. The van der Waals surface area contributed by atoms with Crippen LogP contribution in [0, 0.1) is 0 Å². The van der Waals surface area contributed by atoms with Gasteiger partial charge < -0.3 is 5.32 Å². The van der Waals surface area contributed by atoms with Crippen LogP contribution < -0.4 is 5.32 Å². The molecule has 0 bridgehead atoms. The third-order valence-corrected chi connectivity index (χ3v) is 5.56. The standard InChI is InChI=1S/C14H22N2O2S/c1-3-10-15-13-6-8-14(9-7-13)19(17,18)16-11-4-5-12(16)2/h6-9,12,15H,3-5,10-11H2,1-2H3. The Bertz CT molecular complexity index is 511. The summed E-state index contributed by atoms with van der Waals surface area (Å²) in [7, 11) is -3.32. The lowest BCUT2D eigenvalue weighted by molar-refractivity contribution is 0.408. The maximum atomic E-state index is 12.5. The highest BCUT2D eigenvalue weighted by atomic mass is 32.2. The SMILES string of the molecule is CCCNc1ccc(S(=O)(=O)N2CCCC2C)cc1. The Balaban J connectivity index is 2.16. The molecule has 1 fully saturated rings. The highest BCUT2D eigenvalue weighted by molar-refractivity contribution is 7.89. The van der Waals surface area contributed by atoms with Crippen LogP contribution in [-0.4, -0.2) is 31.9 Å². The molecule has 0 amide bonds. The summed E-state index contributed by atoms with van der Waals surface area (Å²) in [5.41, 5.74) is 0.968. The van der Waals surface area contributed by atoms with Crippen molar-refractivity contribution in [1.29, 1.82) is 0 Å². The van der Waals surface area contributed by atoms with Crippen LogP contribution in [0.4, 0.5) is 5.69 Å². The molecule has 1 aliphatic rings. The second kappa shape index (κ2) is 5.92. The van der Waals surface area contributed by atoms with E-state index >= 15 is 0 Å². The highest BCUT2D eigenvalue weighted by Gasteiger charge is 2.32. The Morgan fingerprint density at radius 3 is 2.53 bits per heavy atom. The molecule has 1 N–H and O–H groups in total. The van der Waals surface area contributed by atoms with Gasteiger partial charge in [-0.3, -0.25) is 0 Å². The van der Waals surface area contributed by atoms with E-state index in [9.17, 15) is 8.42 Å². The first-order valence-corrected chi connectivity index (χ1v) is 8.35. The van der Waals surface area contributed by atoms with Crippen LogP contribution in [0.25, 0.3) is 0 Å². The van der Waals surface area contributed by atoms with Gasteiger partial charge in [-0.2, -0.15) is 4.31 Å². The van der Waals surface area contributed by atoms with Gasteiger partial charge in [-0.1, -0.05) is 6.92 Å². The van der Waals surface area contributed by atoms with E-state index in [1.54, 1.807) is 16.4 Å². The van der Waals surface area contributed by atoms with Crippen molar-refractivity contribution in [2.45, 2.75) is 44.0 Å². The second-order valence-corrected chi connectivity index (χ2v) is 6.95. The van der Waals surface area contributed by atoms with Gasteiger partial charge in [-0.05, 0) is 50.5 Å². The Morgan fingerprint density at radius 1 is 1.32 bits per heavy atom. The fourth-order valence-corrected chi connectivity index (χ4v) is 4.11. The lowest BCUT2D eigenvalue weighted by Gasteiger charge is -2.21. The third kappa shape index (κ3) is 3.09. The van der Waals surface area contributed by atoms with E-state index in [1.807, 2.05) is 19.1 Å². The number of rotatable bonds is 5. The first-order chi connectivity index (χ1) is 9.05. The number of sulfonamides is 1. The van der Waals surface area contributed by atoms with E-state index in [0.717, 1.165) is 31.5 Å². The molecule has 19 heavy (non-hydrogen) atoms. The molecule has 4 nitrogen and oxygen atoms in total. The van der Waals surface area contributed by atoms with Crippen molar-refractivity contribution in [2.75, 3.05) is 18.4 Å². The monoisotopic (exact) mass is 282 g/mol. The highest BCUT2D eigenvalue weighted by Crippen LogP contribution is 2.26. The molecule has 0 saturated carbocycles. The van der Waals surface area contributed by atoms with E-state index in [2.05, 4.69) is 12.2 Å². The summed E-state index contributed by atoms with van der Waals surface area (Å²) in [6.07, 6.45) is 2.96. The van der Waals surface area contributed by atoms with Gasteiger partial charge in [-0.15, -0.1) is 0 Å². The van der Waals surface area contributed by atoms with Gasteiger partial charge in [0.25, 0.3) is 0 Å². The van der Waals surface area contributed by atoms with Gasteiger partial charge in [-0.25, -0.2) is 8.42 Å². The topological polar surface area (TPSA) is 49.4 Å². The Kier molecular flexibility index (Phi) is 4.47. The number of hydrogen-bond acceptors (Lipinski definition) is 3. The van der Waals surface area contributed by atoms with Crippen molar-refractivity contribution in [3.63, 3.8) is 0 Å². The van der Waals surface area contributed by atoms with Gasteiger partial charge >= 0.3 is 0 Å². The molecule has 0 aliphatic carbocycles. The van der Waals surface area contributed by atoms with Crippen LogP contribution in [0.1, 0.15) is 33.1 Å². The van der Waals surface area contributed by atoms with Crippen molar-refractivity contribution in [2.24, 2.45) is 0 Å². The van der Waals surface area contributed by atoms with E-state index in [4.69, 9.17) is 0 Å². The largest absolute Gasteiger partial charge is 0.385 e. The Hall–Kier alpha value is -1.07. The van der Waals surface area contributed by atoms with E-state index in [-0.39, 0.29) is 6.04 Å². The summed E-state index contributed by atoms with van der Waals surface area (Å²) in [5.74, 6) is 0. The summed E-state index contributed by atoms with van der Waals surface area (Å²) in [6.45, 7) is 5.61. The zero-order chi connectivity index (χ0) is 13.9. The first kappa shape index (κ1) is 14.3. The summed E-state index contributed by atoms with van der Waals surface area (Å²) in [5, 5.41) is 3.24. The minimum absolute atomic E-state index is 0.114. The van der Waals surface area contributed by atoms with Gasteiger partial charge in [0.2, 0.25) is 10.0 Å². The lowest BCUT2D eigenvalue weighted by Crippen LogP contribution is -2.33. The molecule has 1 aromatic rings. The number of anilines is 1. The van der Waals surface area contributed by atoms with Crippen molar-refractivity contribution in [3.8, 4) is 0 Å². The first-order valence-electron chi connectivity index (χ1n) is 6.91. The summed E-state index contributed by atoms with van der Waals surface area (Å²) in [4.78, 5) is 0.392. The summed E-state index contributed by atoms with van der Waals surface area (Å²) < 4.78 is 26.6.